The van der Waals surface area contributed by atoms with E-state index in [1.807, 2.05) is 36.5 Å². The molecule has 9 nitrogen and oxygen atoms in total. The number of ether oxygens (including phenoxy) is 1. The number of pyridine rings is 1. The number of carbonyl (C=O) groups is 2. The summed E-state index contributed by atoms with van der Waals surface area (Å²) in [5.74, 6) is 1.75. The third-order valence-electron chi connectivity index (χ3n) is 5.54. The largest absolute Gasteiger partial charge is 0.497 e. The van der Waals surface area contributed by atoms with Crippen LogP contribution in [0.25, 0.3) is 11.1 Å². The molecule has 1 unspecified atom stereocenters. The first-order valence-electron chi connectivity index (χ1n) is 10.2. The molecule has 0 aliphatic carbocycles. The maximum absolute atomic E-state index is 11.3. The molecule has 1 amide bonds. The molecular formula is C22H29N5O4. The second-order valence-electron chi connectivity index (χ2n) is 7.32. The Morgan fingerprint density at radius 2 is 1.87 bits per heavy atom. The fourth-order valence-corrected chi connectivity index (χ4v) is 3.71. The maximum Gasteiger partial charge on any atom is 0.407 e. The van der Waals surface area contributed by atoms with Crippen molar-refractivity contribution in [1.29, 1.82) is 0 Å². The summed E-state index contributed by atoms with van der Waals surface area (Å²) >= 11 is 0. The van der Waals surface area contributed by atoms with Gasteiger partial charge in [0.05, 0.1) is 26.4 Å². The summed E-state index contributed by atoms with van der Waals surface area (Å²) in [4.78, 5) is 32.3. The van der Waals surface area contributed by atoms with E-state index in [0.717, 1.165) is 53.8 Å². The summed E-state index contributed by atoms with van der Waals surface area (Å²) in [5.41, 5.74) is 2.13. The lowest BCUT2D eigenvalue weighted by molar-refractivity contribution is -0.108. The summed E-state index contributed by atoms with van der Waals surface area (Å²) in [7, 11) is 3.45. The van der Waals surface area contributed by atoms with Gasteiger partial charge in [-0.2, -0.15) is 0 Å². The second kappa shape index (κ2) is 10.7. The van der Waals surface area contributed by atoms with E-state index in [1.165, 1.54) is 0 Å². The van der Waals surface area contributed by atoms with E-state index in [9.17, 15) is 14.7 Å². The van der Waals surface area contributed by atoms with Gasteiger partial charge in [0, 0.05) is 37.9 Å². The lowest BCUT2D eigenvalue weighted by Gasteiger charge is -2.40. The second-order valence-corrected chi connectivity index (χ2v) is 7.32. The Kier molecular flexibility index (Phi) is 7.80. The van der Waals surface area contributed by atoms with Crippen molar-refractivity contribution in [2.45, 2.75) is 6.17 Å². The van der Waals surface area contributed by atoms with Gasteiger partial charge in [-0.15, -0.1) is 0 Å². The standard InChI is InChI=1S/C22H29N5O4/c1-23-21(16-27(13-14-28)22(29)30)26-11-9-25(10-12-26)20-8-5-18(15-24-20)17-3-6-19(31-2)7-4-17/h3-8,14-15,21,23H,9-13,16H2,1-2H3,(H,29,30). The number of rotatable bonds is 9. The minimum Gasteiger partial charge on any atom is -0.497 e. The maximum atomic E-state index is 11.3. The number of aldehydes is 1. The van der Waals surface area contributed by atoms with Crippen molar-refractivity contribution in [2.75, 3.05) is 58.3 Å². The number of carbonyl (C=O) groups excluding carboxylic acids is 1. The van der Waals surface area contributed by atoms with Crippen LogP contribution in [0.4, 0.5) is 10.6 Å². The highest BCUT2D eigenvalue weighted by atomic mass is 16.5. The molecule has 1 fully saturated rings. The zero-order chi connectivity index (χ0) is 22.2. The Morgan fingerprint density at radius 3 is 2.39 bits per heavy atom. The SMILES string of the molecule is CNC(CN(CC=O)C(=O)O)N1CCN(c2ccc(-c3ccc(OC)cc3)cn2)CC1. The number of nitrogens with zero attached hydrogens (tertiary/aromatic N) is 4. The van der Waals surface area contributed by atoms with Gasteiger partial charge in [0.2, 0.25) is 0 Å². The average Bonchev–Trinajstić information content (AvgIpc) is 2.82. The van der Waals surface area contributed by atoms with Crippen LogP contribution in [0.3, 0.4) is 0 Å². The Labute approximate surface area is 182 Å². The molecule has 1 saturated heterocycles. The molecule has 1 aliphatic rings. The number of amides is 1. The zero-order valence-corrected chi connectivity index (χ0v) is 17.9. The van der Waals surface area contributed by atoms with Crippen LogP contribution in [0.2, 0.25) is 0 Å². The molecule has 2 aromatic rings. The number of aromatic nitrogens is 1. The van der Waals surface area contributed by atoms with E-state index >= 15 is 0 Å². The first kappa shape index (κ1) is 22.5. The Bertz CT molecular complexity index is 851. The molecule has 31 heavy (non-hydrogen) atoms. The molecule has 0 radical (unpaired) electrons. The lowest BCUT2D eigenvalue weighted by Crippen LogP contribution is -2.58. The van der Waals surface area contributed by atoms with Gasteiger partial charge in [-0.25, -0.2) is 9.78 Å². The molecule has 166 valence electrons. The highest BCUT2D eigenvalue weighted by Gasteiger charge is 2.26. The van der Waals surface area contributed by atoms with E-state index < -0.39 is 6.09 Å². The van der Waals surface area contributed by atoms with Gasteiger partial charge < -0.3 is 24.9 Å². The van der Waals surface area contributed by atoms with Crippen LogP contribution < -0.4 is 15.0 Å². The van der Waals surface area contributed by atoms with Crippen LogP contribution >= 0.6 is 0 Å². The molecule has 1 aromatic carbocycles. The number of benzene rings is 1. The van der Waals surface area contributed by atoms with Gasteiger partial charge in [-0.3, -0.25) is 9.80 Å². The normalized spacial score (nSPS) is 15.4. The van der Waals surface area contributed by atoms with Crippen LogP contribution in [0.5, 0.6) is 5.75 Å². The van der Waals surface area contributed by atoms with Crippen LogP contribution in [0.1, 0.15) is 0 Å². The Morgan fingerprint density at radius 1 is 1.19 bits per heavy atom. The Hall–Kier alpha value is -3.17. The molecular weight excluding hydrogens is 398 g/mol. The third-order valence-corrected chi connectivity index (χ3v) is 5.54. The average molecular weight is 428 g/mol. The quantitative estimate of drug-likeness (QED) is 0.583. The van der Waals surface area contributed by atoms with Gasteiger partial charge in [-0.1, -0.05) is 12.1 Å². The van der Waals surface area contributed by atoms with E-state index in [2.05, 4.69) is 26.2 Å². The van der Waals surface area contributed by atoms with E-state index in [4.69, 9.17) is 4.74 Å². The van der Waals surface area contributed by atoms with Crippen molar-refractivity contribution in [3.8, 4) is 16.9 Å². The summed E-state index contributed by atoms with van der Waals surface area (Å²) in [6.07, 6.45) is 1.25. The van der Waals surface area contributed by atoms with Gasteiger partial charge in [0.1, 0.15) is 17.9 Å². The summed E-state index contributed by atoms with van der Waals surface area (Å²) in [5, 5.41) is 12.4. The van der Waals surface area contributed by atoms with E-state index in [-0.39, 0.29) is 19.3 Å². The number of anilines is 1. The van der Waals surface area contributed by atoms with Gasteiger partial charge in [0.25, 0.3) is 0 Å². The molecule has 1 aliphatic heterocycles. The minimum atomic E-state index is -1.09. The zero-order valence-electron chi connectivity index (χ0n) is 17.9. The monoisotopic (exact) mass is 427 g/mol. The number of nitrogens with one attached hydrogen (secondary N) is 1. The van der Waals surface area contributed by atoms with Gasteiger partial charge >= 0.3 is 6.09 Å². The van der Waals surface area contributed by atoms with Crippen molar-refractivity contribution in [3.63, 3.8) is 0 Å². The number of piperazine rings is 1. The topological polar surface area (TPSA) is 98.2 Å². The third kappa shape index (κ3) is 5.71. The van der Waals surface area contributed by atoms with Crippen molar-refractivity contribution in [2.24, 2.45) is 0 Å². The van der Waals surface area contributed by atoms with E-state index in [1.54, 1.807) is 14.2 Å². The van der Waals surface area contributed by atoms with Crippen LogP contribution in [-0.4, -0.2) is 91.9 Å². The molecule has 1 aromatic heterocycles. The van der Waals surface area contributed by atoms with Crippen LogP contribution in [0.15, 0.2) is 42.6 Å². The lowest BCUT2D eigenvalue weighted by atomic mass is 10.1. The van der Waals surface area contributed by atoms with Crippen molar-refractivity contribution >= 4 is 18.2 Å². The van der Waals surface area contributed by atoms with E-state index in [0.29, 0.717) is 6.29 Å². The molecule has 0 saturated carbocycles. The number of methoxy groups -OCH3 is 1. The molecule has 0 spiro atoms. The fourth-order valence-electron chi connectivity index (χ4n) is 3.71. The molecule has 9 heteroatoms. The van der Waals surface area contributed by atoms with Crippen LogP contribution in [0, 0.1) is 0 Å². The smallest absolute Gasteiger partial charge is 0.407 e. The first-order chi connectivity index (χ1) is 15.0. The van der Waals surface area contributed by atoms with Crippen molar-refractivity contribution < 1.29 is 19.4 Å². The predicted octanol–water partition coefficient (Wildman–Crippen LogP) is 1.60. The summed E-state index contributed by atoms with van der Waals surface area (Å²) in [6, 6.07) is 12.0. The highest BCUT2D eigenvalue weighted by Crippen LogP contribution is 2.24. The number of carboxylic acid groups (broad SMARTS) is 1. The first-order valence-corrected chi connectivity index (χ1v) is 10.2. The molecule has 3 rings (SSSR count). The summed E-state index contributed by atoms with van der Waals surface area (Å²) in [6.45, 7) is 3.21. The minimum absolute atomic E-state index is 0.127. The Balaban J connectivity index is 1.58. The molecule has 2 N–H and O–H groups in total. The van der Waals surface area contributed by atoms with Crippen molar-refractivity contribution in [3.05, 3.63) is 42.6 Å². The highest BCUT2D eigenvalue weighted by molar-refractivity contribution is 5.69. The predicted molar refractivity (Wildman–Crippen MR) is 119 cm³/mol. The van der Waals surface area contributed by atoms with Crippen LogP contribution in [-0.2, 0) is 4.79 Å². The fraction of sp³-hybridized carbons (Fsp3) is 0.409. The van der Waals surface area contributed by atoms with Gasteiger partial charge in [-0.05, 0) is 36.9 Å². The van der Waals surface area contributed by atoms with Crippen molar-refractivity contribution in [1.82, 2.24) is 20.1 Å². The molecule has 0 bridgehead atoms. The number of likely N-dealkylation sites (N-methyl/N-ethyl adjacent to an activating group) is 1. The molecule has 1 atom stereocenters. The summed E-state index contributed by atoms with van der Waals surface area (Å²) < 4.78 is 5.20. The number of hydrogen-bond acceptors (Lipinski definition) is 7. The number of hydrogen-bond donors (Lipinski definition) is 2. The molecule has 2 heterocycles. The van der Waals surface area contributed by atoms with Gasteiger partial charge in [0.15, 0.2) is 0 Å².